The van der Waals surface area contributed by atoms with Crippen molar-refractivity contribution in [2.24, 2.45) is 0 Å². The van der Waals surface area contributed by atoms with Gasteiger partial charge >= 0.3 is 5.97 Å². The van der Waals surface area contributed by atoms with Gasteiger partial charge in [-0.2, -0.15) is 5.26 Å². The lowest BCUT2D eigenvalue weighted by Crippen LogP contribution is -2.38. The summed E-state index contributed by atoms with van der Waals surface area (Å²) in [6.45, 7) is 2.66. The number of rotatable bonds is 4. The molecule has 0 radical (unpaired) electrons. The van der Waals surface area contributed by atoms with E-state index in [2.05, 4.69) is 0 Å². The monoisotopic (exact) mass is 341 g/mol. The van der Waals surface area contributed by atoms with Gasteiger partial charge in [-0.3, -0.25) is 9.36 Å². The molecule has 1 aliphatic heterocycles. The van der Waals surface area contributed by atoms with E-state index in [-0.39, 0.29) is 35.3 Å². The quantitative estimate of drug-likeness (QED) is 0.797. The molecule has 0 atom stereocenters. The molecule has 0 aromatic carbocycles. The van der Waals surface area contributed by atoms with Crippen molar-refractivity contribution in [3.63, 3.8) is 0 Å². The zero-order chi connectivity index (χ0) is 17.8. The third-order valence-electron chi connectivity index (χ3n) is 4.26. The number of piperidine rings is 1. The highest BCUT2D eigenvalue weighted by Gasteiger charge is 2.27. The standard InChI is InChI=1S/C18H19N3O4/c1-13-16(14(11-19)17(25-13)21-9-5-6-10-21)18(23)24-12-15(22)20-7-3-2-4-8-20/h5-6,9-10H,2-4,7-8,12H2,1H3. The molecule has 2 aromatic rings. The van der Waals surface area contributed by atoms with Gasteiger partial charge in [0, 0.05) is 25.5 Å². The van der Waals surface area contributed by atoms with Crippen LogP contribution in [0.15, 0.2) is 28.9 Å². The van der Waals surface area contributed by atoms with Gasteiger partial charge in [0.05, 0.1) is 0 Å². The Kier molecular flexibility index (Phi) is 4.89. The number of ether oxygens (including phenoxy) is 1. The molecule has 1 aliphatic rings. The van der Waals surface area contributed by atoms with Crippen molar-refractivity contribution in [3.05, 3.63) is 41.4 Å². The van der Waals surface area contributed by atoms with Crippen molar-refractivity contribution >= 4 is 11.9 Å². The number of carbonyl (C=O) groups excluding carboxylic acids is 2. The molecule has 0 N–H and O–H groups in total. The molecule has 1 amide bonds. The van der Waals surface area contributed by atoms with E-state index in [1.807, 2.05) is 6.07 Å². The Bertz CT molecular complexity index is 808. The van der Waals surface area contributed by atoms with Gasteiger partial charge in [0.25, 0.3) is 5.91 Å². The number of carbonyl (C=O) groups is 2. The first kappa shape index (κ1) is 16.8. The zero-order valence-corrected chi connectivity index (χ0v) is 14.0. The lowest BCUT2D eigenvalue weighted by Gasteiger charge is -2.26. The summed E-state index contributed by atoms with van der Waals surface area (Å²) in [7, 11) is 0. The molecule has 3 rings (SSSR count). The third-order valence-corrected chi connectivity index (χ3v) is 4.26. The summed E-state index contributed by atoms with van der Waals surface area (Å²) in [5.41, 5.74) is 0.168. The molecule has 3 heterocycles. The van der Waals surface area contributed by atoms with Crippen LogP contribution in [0, 0.1) is 18.3 Å². The smallest absolute Gasteiger partial charge is 0.343 e. The highest BCUT2D eigenvalue weighted by Crippen LogP contribution is 2.26. The Balaban J connectivity index is 1.74. The van der Waals surface area contributed by atoms with E-state index in [0.717, 1.165) is 19.3 Å². The van der Waals surface area contributed by atoms with E-state index >= 15 is 0 Å². The first-order valence-corrected chi connectivity index (χ1v) is 8.23. The number of furan rings is 1. The molecule has 7 nitrogen and oxygen atoms in total. The van der Waals surface area contributed by atoms with Crippen LogP contribution in [0.25, 0.3) is 5.88 Å². The van der Waals surface area contributed by atoms with Crippen molar-refractivity contribution in [2.75, 3.05) is 19.7 Å². The van der Waals surface area contributed by atoms with Gasteiger partial charge in [0.1, 0.15) is 23.0 Å². The predicted octanol–water partition coefficient (Wildman–Crippen LogP) is 2.42. The number of hydrogen-bond donors (Lipinski definition) is 0. The fraction of sp³-hybridized carbons (Fsp3) is 0.389. The second kappa shape index (κ2) is 7.26. The molecule has 25 heavy (non-hydrogen) atoms. The highest BCUT2D eigenvalue weighted by molar-refractivity contribution is 5.95. The summed E-state index contributed by atoms with van der Waals surface area (Å²) in [5, 5.41) is 9.44. The van der Waals surface area contributed by atoms with Crippen LogP contribution in [0.5, 0.6) is 0 Å². The van der Waals surface area contributed by atoms with Gasteiger partial charge in [-0.15, -0.1) is 0 Å². The summed E-state index contributed by atoms with van der Waals surface area (Å²) >= 11 is 0. The summed E-state index contributed by atoms with van der Waals surface area (Å²) in [6.07, 6.45) is 6.49. The molecule has 0 spiro atoms. The minimum Gasteiger partial charge on any atom is -0.452 e. The van der Waals surface area contributed by atoms with Crippen molar-refractivity contribution in [2.45, 2.75) is 26.2 Å². The molecule has 0 saturated carbocycles. The number of hydrogen-bond acceptors (Lipinski definition) is 5. The van der Waals surface area contributed by atoms with Gasteiger partial charge < -0.3 is 14.1 Å². The molecule has 1 saturated heterocycles. The molecule has 0 unspecified atom stereocenters. The molecule has 130 valence electrons. The number of esters is 1. The zero-order valence-electron chi connectivity index (χ0n) is 14.0. The number of likely N-dealkylation sites (tertiary alicyclic amines) is 1. The van der Waals surface area contributed by atoms with Crippen molar-refractivity contribution in [1.82, 2.24) is 9.47 Å². The second-order valence-electron chi connectivity index (χ2n) is 5.93. The summed E-state index contributed by atoms with van der Waals surface area (Å²) < 4.78 is 12.3. The summed E-state index contributed by atoms with van der Waals surface area (Å²) in [4.78, 5) is 26.2. The van der Waals surface area contributed by atoms with Crippen LogP contribution in [0.1, 0.15) is 40.9 Å². The fourth-order valence-corrected chi connectivity index (χ4v) is 2.97. The van der Waals surface area contributed by atoms with Crippen LogP contribution in [0.4, 0.5) is 0 Å². The molecule has 0 aliphatic carbocycles. The minimum atomic E-state index is -0.721. The van der Waals surface area contributed by atoms with Gasteiger partial charge in [-0.25, -0.2) is 4.79 Å². The largest absolute Gasteiger partial charge is 0.452 e. The van der Waals surface area contributed by atoms with E-state index in [1.54, 1.807) is 40.9 Å². The topological polar surface area (TPSA) is 88.5 Å². The third kappa shape index (κ3) is 3.43. The van der Waals surface area contributed by atoms with Gasteiger partial charge in [-0.1, -0.05) is 0 Å². The fourth-order valence-electron chi connectivity index (χ4n) is 2.97. The Morgan fingerprint density at radius 3 is 2.56 bits per heavy atom. The number of nitrogens with zero attached hydrogens (tertiary/aromatic N) is 3. The number of nitriles is 1. The Labute approximate surface area is 145 Å². The summed E-state index contributed by atoms with van der Waals surface area (Å²) in [6, 6.07) is 5.57. The molecule has 1 fully saturated rings. The van der Waals surface area contributed by atoms with E-state index in [9.17, 15) is 14.9 Å². The average Bonchev–Trinajstić information content (AvgIpc) is 3.27. The van der Waals surface area contributed by atoms with Crippen LogP contribution < -0.4 is 0 Å². The van der Waals surface area contributed by atoms with E-state index < -0.39 is 5.97 Å². The first-order chi connectivity index (χ1) is 12.1. The molecule has 0 bridgehead atoms. The number of aromatic nitrogens is 1. The maximum atomic E-state index is 12.4. The second-order valence-corrected chi connectivity index (χ2v) is 5.93. The lowest BCUT2D eigenvalue weighted by molar-refractivity contribution is -0.135. The van der Waals surface area contributed by atoms with Gasteiger partial charge in [0.2, 0.25) is 5.88 Å². The Hall–Kier alpha value is -3.01. The predicted molar refractivity (Wildman–Crippen MR) is 88.2 cm³/mol. The number of amides is 1. The maximum Gasteiger partial charge on any atom is 0.343 e. The van der Waals surface area contributed by atoms with Crippen molar-refractivity contribution in [1.29, 1.82) is 5.26 Å². The van der Waals surface area contributed by atoms with E-state index in [4.69, 9.17) is 9.15 Å². The minimum absolute atomic E-state index is 0.0673. The van der Waals surface area contributed by atoms with E-state index in [1.165, 1.54) is 0 Å². The van der Waals surface area contributed by atoms with Crippen LogP contribution in [-0.2, 0) is 9.53 Å². The van der Waals surface area contributed by atoms with Crippen LogP contribution in [-0.4, -0.2) is 41.0 Å². The van der Waals surface area contributed by atoms with Crippen LogP contribution >= 0.6 is 0 Å². The Morgan fingerprint density at radius 2 is 1.92 bits per heavy atom. The van der Waals surface area contributed by atoms with Gasteiger partial charge in [0.15, 0.2) is 6.61 Å². The normalized spacial score (nSPS) is 14.2. The maximum absolute atomic E-state index is 12.4. The molecule has 7 heteroatoms. The lowest BCUT2D eigenvalue weighted by atomic mass is 10.1. The Morgan fingerprint density at radius 1 is 1.24 bits per heavy atom. The van der Waals surface area contributed by atoms with Crippen molar-refractivity contribution < 1.29 is 18.7 Å². The highest BCUT2D eigenvalue weighted by atomic mass is 16.5. The molecular formula is C18H19N3O4. The molecular weight excluding hydrogens is 322 g/mol. The summed E-state index contributed by atoms with van der Waals surface area (Å²) in [5.74, 6) is -0.380. The van der Waals surface area contributed by atoms with E-state index in [0.29, 0.717) is 13.1 Å². The van der Waals surface area contributed by atoms with Crippen molar-refractivity contribution in [3.8, 4) is 12.0 Å². The average molecular weight is 341 g/mol. The van der Waals surface area contributed by atoms with Gasteiger partial charge in [-0.05, 0) is 38.3 Å². The van der Waals surface area contributed by atoms with Crippen LogP contribution in [0.2, 0.25) is 0 Å². The first-order valence-electron chi connectivity index (χ1n) is 8.23. The number of aryl methyl sites for hydroxylation is 1. The SMILES string of the molecule is Cc1oc(-n2cccc2)c(C#N)c1C(=O)OCC(=O)N1CCCCC1. The van der Waals surface area contributed by atoms with Crippen LogP contribution in [0.3, 0.4) is 0 Å². The molecule has 2 aromatic heterocycles.